The number of carbonyl (C=O) groups is 1. The zero-order valence-corrected chi connectivity index (χ0v) is 13.0. The molecule has 2 aromatic heterocycles. The molecule has 2 heterocycles. The molecule has 0 bridgehead atoms. The maximum absolute atomic E-state index is 12.1. The molecule has 0 aliphatic rings. The van der Waals surface area contributed by atoms with Gasteiger partial charge in [0.2, 0.25) is 5.91 Å². The average molecular weight is 297 g/mol. The average Bonchev–Trinajstić information content (AvgIpc) is 3.01. The van der Waals surface area contributed by atoms with Crippen LogP contribution in [-0.2, 0) is 24.9 Å². The molecule has 6 nitrogen and oxygen atoms in total. The van der Waals surface area contributed by atoms with E-state index in [0.717, 1.165) is 22.3 Å². The molecule has 0 radical (unpaired) electrons. The summed E-state index contributed by atoms with van der Waals surface area (Å²) < 4.78 is 3.47. The van der Waals surface area contributed by atoms with Crippen molar-refractivity contribution in [3.05, 3.63) is 47.3 Å². The zero-order valence-electron chi connectivity index (χ0n) is 13.0. The minimum Gasteiger partial charge on any atom is -0.350 e. The summed E-state index contributed by atoms with van der Waals surface area (Å²) in [6.07, 6.45) is 1.74. The SMILES string of the molecule is Cc1ccc(CNC(=O)Cn2ncc3c2c(C)nn3C)cc1. The molecule has 114 valence electrons. The molecule has 3 aromatic rings. The molecule has 6 heteroatoms. The van der Waals surface area contributed by atoms with E-state index in [2.05, 4.69) is 15.5 Å². The molecule has 3 rings (SSSR count). The van der Waals surface area contributed by atoms with Crippen LogP contribution >= 0.6 is 0 Å². The van der Waals surface area contributed by atoms with E-state index in [1.807, 2.05) is 45.2 Å². The van der Waals surface area contributed by atoms with Crippen molar-refractivity contribution in [2.24, 2.45) is 7.05 Å². The Labute approximate surface area is 128 Å². The molecule has 0 atom stereocenters. The normalized spacial score (nSPS) is 11.0. The molecule has 22 heavy (non-hydrogen) atoms. The van der Waals surface area contributed by atoms with E-state index in [4.69, 9.17) is 0 Å². The number of amides is 1. The van der Waals surface area contributed by atoms with Crippen LogP contribution < -0.4 is 5.32 Å². The number of aryl methyl sites for hydroxylation is 3. The molecular formula is C16H19N5O. The maximum atomic E-state index is 12.1. The van der Waals surface area contributed by atoms with Crippen LogP contribution in [0.4, 0.5) is 0 Å². The smallest absolute Gasteiger partial charge is 0.242 e. The molecule has 0 unspecified atom stereocenters. The summed E-state index contributed by atoms with van der Waals surface area (Å²) in [5.74, 6) is -0.0613. The Hall–Kier alpha value is -2.63. The quantitative estimate of drug-likeness (QED) is 0.797. The van der Waals surface area contributed by atoms with Gasteiger partial charge in [0.05, 0.1) is 11.9 Å². The van der Waals surface area contributed by atoms with Crippen LogP contribution in [0.15, 0.2) is 30.5 Å². The molecule has 1 N–H and O–H groups in total. The van der Waals surface area contributed by atoms with Gasteiger partial charge in [0.1, 0.15) is 17.6 Å². The number of carbonyl (C=O) groups excluding carboxylic acids is 1. The lowest BCUT2D eigenvalue weighted by molar-refractivity contribution is -0.121. The Balaban J connectivity index is 1.67. The summed E-state index contributed by atoms with van der Waals surface area (Å²) in [5, 5.41) is 11.5. The number of hydrogen-bond acceptors (Lipinski definition) is 3. The number of benzene rings is 1. The van der Waals surface area contributed by atoms with Crippen LogP contribution in [0.25, 0.3) is 11.0 Å². The third-order valence-electron chi connectivity index (χ3n) is 3.72. The predicted molar refractivity (Wildman–Crippen MR) is 84.3 cm³/mol. The lowest BCUT2D eigenvalue weighted by Crippen LogP contribution is -2.27. The zero-order chi connectivity index (χ0) is 15.7. The second-order valence-corrected chi connectivity index (χ2v) is 5.51. The van der Waals surface area contributed by atoms with Crippen LogP contribution in [0.1, 0.15) is 16.8 Å². The first kappa shape index (κ1) is 14.3. The van der Waals surface area contributed by atoms with Crippen molar-refractivity contribution in [3.8, 4) is 0 Å². The van der Waals surface area contributed by atoms with Gasteiger partial charge in [-0.2, -0.15) is 10.2 Å². The van der Waals surface area contributed by atoms with Crippen molar-refractivity contribution < 1.29 is 4.79 Å². The Morgan fingerprint density at radius 2 is 1.95 bits per heavy atom. The lowest BCUT2D eigenvalue weighted by Gasteiger charge is -2.06. The highest BCUT2D eigenvalue weighted by Gasteiger charge is 2.13. The third kappa shape index (κ3) is 2.72. The van der Waals surface area contributed by atoms with Crippen molar-refractivity contribution in [1.82, 2.24) is 24.9 Å². The van der Waals surface area contributed by atoms with Crippen LogP contribution in [0.2, 0.25) is 0 Å². The molecule has 0 spiro atoms. The number of nitrogens with zero attached hydrogens (tertiary/aromatic N) is 4. The summed E-state index contributed by atoms with van der Waals surface area (Å²) in [7, 11) is 1.87. The van der Waals surface area contributed by atoms with E-state index in [9.17, 15) is 4.79 Å². The Morgan fingerprint density at radius 3 is 2.68 bits per heavy atom. The molecule has 0 aliphatic heterocycles. The number of aromatic nitrogens is 4. The van der Waals surface area contributed by atoms with E-state index in [1.54, 1.807) is 15.6 Å². The van der Waals surface area contributed by atoms with Gasteiger partial charge in [0.15, 0.2) is 0 Å². The maximum Gasteiger partial charge on any atom is 0.242 e. The van der Waals surface area contributed by atoms with Gasteiger partial charge in [-0.3, -0.25) is 14.2 Å². The first-order valence-corrected chi connectivity index (χ1v) is 7.22. The van der Waals surface area contributed by atoms with Crippen LogP contribution in [-0.4, -0.2) is 25.5 Å². The molecular weight excluding hydrogens is 278 g/mol. The van der Waals surface area contributed by atoms with E-state index in [0.29, 0.717) is 6.54 Å². The highest BCUT2D eigenvalue weighted by Crippen LogP contribution is 2.16. The number of hydrogen-bond donors (Lipinski definition) is 1. The minimum absolute atomic E-state index is 0.0613. The van der Waals surface area contributed by atoms with Gasteiger partial charge >= 0.3 is 0 Å². The lowest BCUT2D eigenvalue weighted by atomic mass is 10.1. The van der Waals surface area contributed by atoms with Crippen molar-refractivity contribution in [3.63, 3.8) is 0 Å². The standard InChI is InChI=1S/C16H19N5O/c1-11-4-6-13(7-5-11)8-17-15(22)10-21-16-12(2)19-20(3)14(16)9-18-21/h4-7,9H,8,10H2,1-3H3,(H,17,22). The first-order valence-electron chi connectivity index (χ1n) is 7.22. The van der Waals surface area contributed by atoms with Gasteiger partial charge in [0.25, 0.3) is 0 Å². The molecule has 1 aromatic carbocycles. The largest absolute Gasteiger partial charge is 0.350 e. The summed E-state index contributed by atoms with van der Waals surface area (Å²) in [5.41, 5.74) is 5.02. The topological polar surface area (TPSA) is 64.7 Å². The molecule has 0 saturated heterocycles. The number of fused-ring (bicyclic) bond motifs is 1. The Morgan fingerprint density at radius 1 is 1.23 bits per heavy atom. The second-order valence-electron chi connectivity index (χ2n) is 5.51. The van der Waals surface area contributed by atoms with Crippen LogP contribution in [0, 0.1) is 13.8 Å². The summed E-state index contributed by atoms with van der Waals surface area (Å²) >= 11 is 0. The van der Waals surface area contributed by atoms with Gasteiger partial charge in [-0.05, 0) is 19.4 Å². The monoisotopic (exact) mass is 297 g/mol. The third-order valence-corrected chi connectivity index (χ3v) is 3.72. The fraction of sp³-hybridized carbons (Fsp3) is 0.312. The summed E-state index contributed by atoms with van der Waals surface area (Å²) in [6.45, 7) is 4.68. The predicted octanol–water partition coefficient (Wildman–Crippen LogP) is 1.70. The molecule has 1 amide bonds. The fourth-order valence-electron chi connectivity index (χ4n) is 2.53. The molecule has 0 aliphatic carbocycles. The van der Waals surface area contributed by atoms with E-state index < -0.39 is 0 Å². The Kier molecular flexibility index (Phi) is 3.66. The fourth-order valence-corrected chi connectivity index (χ4v) is 2.53. The van der Waals surface area contributed by atoms with Crippen molar-refractivity contribution in [1.29, 1.82) is 0 Å². The number of nitrogens with one attached hydrogen (secondary N) is 1. The summed E-state index contributed by atoms with van der Waals surface area (Å²) in [4.78, 5) is 12.1. The van der Waals surface area contributed by atoms with Gasteiger partial charge in [-0.25, -0.2) is 0 Å². The van der Waals surface area contributed by atoms with Crippen molar-refractivity contribution >= 4 is 16.9 Å². The number of rotatable bonds is 4. The summed E-state index contributed by atoms with van der Waals surface area (Å²) in [6, 6.07) is 8.12. The highest BCUT2D eigenvalue weighted by molar-refractivity contribution is 5.81. The van der Waals surface area contributed by atoms with Gasteiger partial charge in [-0.1, -0.05) is 29.8 Å². The molecule has 0 saturated carbocycles. The van der Waals surface area contributed by atoms with Gasteiger partial charge < -0.3 is 5.32 Å². The van der Waals surface area contributed by atoms with Crippen LogP contribution in [0.5, 0.6) is 0 Å². The van der Waals surface area contributed by atoms with E-state index >= 15 is 0 Å². The molecule has 0 fully saturated rings. The minimum atomic E-state index is -0.0613. The second kappa shape index (κ2) is 5.63. The van der Waals surface area contributed by atoms with Crippen LogP contribution in [0.3, 0.4) is 0 Å². The highest BCUT2D eigenvalue weighted by atomic mass is 16.2. The van der Waals surface area contributed by atoms with E-state index in [-0.39, 0.29) is 12.5 Å². The Bertz CT molecular complexity index is 813. The van der Waals surface area contributed by atoms with Gasteiger partial charge in [0, 0.05) is 13.6 Å². The van der Waals surface area contributed by atoms with Crippen molar-refractivity contribution in [2.75, 3.05) is 0 Å². The van der Waals surface area contributed by atoms with E-state index in [1.165, 1.54) is 5.56 Å². The van der Waals surface area contributed by atoms with Gasteiger partial charge in [-0.15, -0.1) is 0 Å². The first-order chi connectivity index (χ1) is 10.5. The van der Waals surface area contributed by atoms with Crippen molar-refractivity contribution in [2.45, 2.75) is 26.9 Å².